The van der Waals surface area contributed by atoms with Crippen LogP contribution in [0.2, 0.25) is 0 Å². The van der Waals surface area contributed by atoms with E-state index in [-0.39, 0.29) is 11.8 Å². The van der Waals surface area contributed by atoms with Gasteiger partial charge in [-0.3, -0.25) is 14.5 Å². The van der Waals surface area contributed by atoms with E-state index in [1.54, 1.807) is 0 Å². The largest absolute Gasteiger partial charge is 0.361 e. The zero-order valence-corrected chi connectivity index (χ0v) is 14.9. The first-order valence-corrected chi connectivity index (χ1v) is 8.69. The van der Waals surface area contributed by atoms with Gasteiger partial charge in [0.1, 0.15) is 5.76 Å². The first kappa shape index (κ1) is 18.4. The molecule has 1 aliphatic rings. The molecule has 0 spiro atoms. The van der Waals surface area contributed by atoms with Crippen LogP contribution in [0.25, 0.3) is 0 Å². The number of hydrogen-bond donors (Lipinski definition) is 1. The van der Waals surface area contributed by atoms with E-state index in [0.717, 1.165) is 43.7 Å². The van der Waals surface area contributed by atoms with Gasteiger partial charge in [-0.1, -0.05) is 18.5 Å². The summed E-state index contributed by atoms with van der Waals surface area (Å²) in [7, 11) is 0. The number of rotatable bonds is 7. The van der Waals surface area contributed by atoms with Crippen molar-refractivity contribution in [1.82, 2.24) is 20.3 Å². The number of unbranched alkanes of at least 4 members (excludes halogenated alkanes) is 1. The summed E-state index contributed by atoms with van der Waals surface area (Å²) in [6, 6.07) is 0. The molecule has 2 heterocycles. The SMILES string of the molecule is CCCCNC(=O)CN1CCN(C(=O)Cc2c(C)noc2C)CC1. The molecule has 0 radical (unpaired) electrons. The molecule has 1 aliphatic heterocycles. The maximum absolute atomic E-state index is 12.4. The smallest absolute Gasteiger partial charge is 0.234 e. The molecule has 0 bridgehead atoms. The van der Waals surface area contributed by atoms with E-state index in [4.69, 9.17) is 4.52 Å². The Hall–Kier alpha value is -1.89. The van der Waals surface area contributed by atoms with Crippen LogP contribution >= 0.6 is 0 Å². The lowest BCUT2D eigenvalue weighted by atomic mass is 10.1. The molecular weight excluding hydrogens is 308 g/mol. The molecule has 7 heteroatoms. The fourth-order valence-electron chi connectivity index (χ4n) is 2.84. The highest BCUT2D eigenvalue weighted by Crippen LogP contribution is 2.14. The number of carbonyl (C=O) groups excluding carboxylic acids is 2. The second-order valence-electron chi connectivity index (χ2n) is 6.34. The average molecular weight is 336 g/mol. The first-order valence-electron chi connectivity index (χ1n) is 8.69. The minimum atomic E-state index is 0.0685. The molecule has 134 valence electrons. The molecule has 7 nitrogen and oxygen atoms in total. The minimum Gasteiger partial charge on any atom is -0.361 e. The second kappa shape index (κ2) is 8.82. The van der Waals surface area contributed by atoms with Gasteiger partial charge in [0.25, 0.3) is 0 Å². The highest BCUT2D eigenvalue weighted by molar-refractivity contribution is 5.79. The van der Waals surface area contributed by atoms with Crippen molar-refractivity contribution < 1.29 is 14.1 Å². The predicted octanol–water partition coefficient (Wildman–Crippen LogP) is 0.894. The molecule has 24 heavy (non-hydrogen) atoms. The number of amides is 2. The fourth-order valence-corrected chi connectivity index (χ4v) is 2.84. The van der Waals surface area contributed by atoms with Gasteiger partial charge in [-0.2, -0.15) is 0 Å². The van der Waals surface area contributed by atoms with Crippen molar-refractivity contribution in [3.63, 3.8) is 0 Å². The Morgan fingerprint density at radius 2 is 1.92 bits per heavy atom. The highest BCUT2D eigenvalue weighted by atomic mass is 16.5. The van der Waals surface area contributed by atoms with Gasteiger partial charge < -0.3 is 14.7 Å². The molecule has 2 amide bonds. The molecule has 0 saturated carbocycles. The molecule has 0 aliphatic carbocycles. The van der Waals surface area contributed by atoms with E-state index in [1.807, 2.05) is 18.7 Å². The number of aromatic nitrogens is 1. The summed E-state index contributed by atoms with van der Waals surface area (Å²) >= 11 is 0. The van der Waals surface area contributed by atoms with Crippen LogP contribution in [-0.4, -0.2) is 66.0 Å². The summed E-state index contributed by atoms with van der Waals surface area (Å²) in [4.78, 5) is 28.2. The van der Waals surface area contributed by atoms with E-state index < -0.39 is 0 Å². The van der Waals surface area contributed by atoms with E-state index in [2.05, 4.69) is 22.3 Å². The van der Waals surface area contributed by atoms with Crippen LogP contribution < -0.4 is 5.32 Å². The summed E-state index contributed by atoms with van der Waals surface area (Å²) < 4.78 is 5.11. The van der Waals surface area contributed by atoms with E-state index in [9.17, 15) is 9.59 Å². The Morgan fingerprint density at radius 1 is 1.21 bits per heavy atom. The van der Waals surface area contributed by atoms with Gasteiger partial charge in [-0.15, -0.1) is 0 Å². The van der Waals surface area contributed by atoms with Crippen molar-refractivity contribution in [3.8, 4) is 0 Å². The maximum Gasteiger partial charge on any atom is 0.234 e. The quantitative estimate of drug-likeness (QED) is 0.748. The van der Waals surface area contributed by atoms with Crippen LogP contribution in [0.5, 0.6) is 0 Å². The van der Waals surface area contributed by atoms with Crippen molar-refractivity contribution in [3.05, 3.63) is 17.0 Å². The molecule has 1 aromatic rings. The first-order chi connectivity index (χ1) is 11.5. The number of carbonyl (C=O) groups is 2. The average Bonchev–Trinajstić information content (AvgIpc) is 2.87. The molecule has 1 N–H and O–H groups in total. The molecule has 0 atom stereocenters. The standard InChI is InChI=1S/C17H28N4O3/c1-4-5-6-18-16(22)12-20-7-9-21(10-8-20)17(23)11-15-13(2)19-24-14(15)3/h4-12H2,1-3H3,(H,18,22). The van der Waals surface area contributed by atoms with E-state index in [1.165, 1.54) is 0 Å². The predicted molar refractivity (Wildman–Crippen MR) is 90.6 cm³/mol. The third-order valence-electron chi connectivity index (χ3n) is 4.45. The number of piperazine rings is 1. The molecule has 1 fully saturated rings. The molecule has 0 unspecified atom stereocenters. The van der Waals surface area contributed by atoms with Crippen LogP contribution in [0.1, 0.15) is 36.8 Å². The molecule has 1 aromatic heterocycles. The Balaban J connectivity index is 1.74. The van der Waals surface area contributed by atoms with Gasteiger partial charge in [0.05, 0.1) is 18.7 Å². The van der Waals surface area contributed by atoms with E-state index in [0.29, 0.717) is 31.8 Å². The lowest BCUT2D eigenvalue weighted by molar-refractivity contribution is -0.132. The van der Waals surface area contributed by atoms with Crippen molar-refractivity contribution >= 4 is 11.8 Å². The van der Waals surface area contributed by atoms with Crippen LogP contribution in [-0.2, 0) is 16.0 Å². The Morgan fingerprint density at radius 3 is 2.50 bits per heavy atom. The van der Waals surface area contributed by atoms with Gasteiger partial charge in [0, 0.05) is 38.3 Å². The van der Waals surface area contributed by atoms with Gasteiger partial charge in [-0.05, 0) is 20.3 Å². The Labute approximate surface area is 143 Å². The van der Waals surface area contributed by atoms with Crippen molar-refractivity contribution in [2.24, 2.45) is 0 Å². The Kier molecular flexibility index (Phi) is 6.78. The van der Waals surface area contributed by atoms with Crippen LogP contribution in [0.3, 0.4) is 0 Å². The lowest BCUT2D eigenvalue weighted by Crippen LogP contribution is -2.51. The van der Waals surface area contributed by atoms with Gasteiger partial charge >= 0.3 is 0 Å². The second-order valence-corrected chi connectivity index (χ2v) is 6.34. The van der Waals surface area contributed by atoms with Gasteiger partial charge in [0.15, 0.2) is 0 Å². The summed E-state index contributed by atoms with van der Waals surface area (Å²) in [5.41, 5.74) is 1.67. The number of aryl methyl sites for hydroxylation is 2. The molecule has 0 aromatic carbocycles. The summed E-state index contributed by atoms with van der Waals surface area (Å²) in [5, 5.41) is 6.82. The van der Waals surface area contributed by atoms with Crippen molar-refractivity contribution in [2.75, 3.05) is 39.3 Å². The summed E-state index contributed by atoms with van der Waals surface area (Å²) in [6.07, 6.45) is 2.42. The molecular formula is C17H28N4O3. The van der Waals surface area contributed by atoms with Gasteiger partial charge in [-0.25, -0.2) is 0 Å². The van der Waals surface area contributed by atoms with Gasteiger partial charge in [0.2, 0.25) is 11.8 Å². The zero-order valence-electron chi connectivity index (χ0n) is 14.9. The van der Waals surface area contributed by atoms with E-state index >= 15 is 0 Å². The monoisotopic (exact) mass is 336 g/mol. The molecule has 1 saturated heterocycles. The van der Waals surface area contributed by atoms with Crippen LogP contribution in [0.4, 0.5) is 0 Å². The maximum atomic E-state index is 12.4. The summed E-state index contributed by atoms with van der Waals surface area (Å²) in [5.74, 6) is 0.874. The third kappa shape index (κ3) is 5.06. The fraction of sp³-hybridized carbons (Fsp3) is 0.706. The number of nitrogens with zero attached hydrogens (tertiary/aromatic N) is 3. The van der Waals surface area contributed by atoms with Crippen molar-refractivity contribution in [2.45, 2.75) is 40.0 Å². The minimum absolute atomic E-state index is 0.0685. The highest BCUT2D eigenvalue weighted by Gasteiger charge is 2.24. The molecule has 2 rings (SSSR count). The van der Waals surface area contributed by atoms with Crippen LogP contribution in [0.15, 0.2) is 4.52 Å². The van der Waals surface area contributed by atoms with Crippen LogP contribution in [0, 0.1) is 13.8 Å². The van der Waals surface area contributed by atoms with Crippen molar-refractivity contribution in [1.29, 1.82) is 0 Å². The number of hydrogen-bond acceptors (Lipinski definition) is 5. The topological polar surface area (TPSA) is 78.7 Å². The lowest BCUT2D eigenvalue weighted by Gasteiger charge is -2.34. The normalized spacial score (nSPS) is 15.5. The summed E-state index contributed by atoms with van der Waals surface area (Å²) in [6.45, 7) is 9.72. The Bertz CT molecular complexity index is 543. The number of nitrogens with one attached hydrogen (secondary N) is 1. The zero-order chi connectivity index (χ0) is 17.5. The third-order valence-corrected chi connectivity index (χ3v) is 4.45.